The van der Waals surface area contributed by atoms with Crippen molar-refractivity contribution in [2.75, 3.05) is 0 Å². The molecule has 4 nitrogen and oxygen atoms in total. The Balaban J connectivity index is 0.000000289. The fraction of sp³-hybridized carbons (Fsp3) is 0.188. The number of carboxylic acid groups (broad SMARTS) is 2. The average Bonchev–Trinajstić information content (AvgIpc) is 2.49. The Bertz CT molecular complexity index is 414. The molecular formula is C16H21NO3. The van der Waals surface area contributed by atoms with Gasteiger partial charge in [-0.25, -0.2) is 4.79 Å². The molecule has 0 saturated heterocycles. The van der Waals surface area contributed by atoms with Gasteiger partial charge in [0.05, 0.1) is 0 Å². The molecule has 0 amide bonds. The number of aryl methyl sites for hydroxylation is 1. The topological polar surface area (TPSA) is 83.6 Å². The van der Waals surface area contributed by atoms with E-state index in [1.807, 2.05) is 36.4 Å². The molecule has 2 rings (SSSR count). The summed E-state index contributed by atoms with van der Waals surface area (Å²) in [5.41, 5.74) is 7.95. The minimum absolute atomic E-state index is 0.640. The summed E-state index contributed by atoms with van der Waals surface area (Å²) < 4.78 is 0. The molecule has 0 radical (unpaired) electrons. The predicted molar refractivity (Wildman–Crippen MR) is 80.8 cm³/mol. The van der Waals surface area contributed by atoms with Gasteiger partial charge < -0.3 is 15.9 Å². The maximum absolute atomic E-state index is 8.56. The molecule has 0 saturated carbocycles. The lowest BCUT2D eigenvalue weighted by atomic mass is 10.2. The fourth-order valence-electron chi connectivity index (χ4n) is 1.33. The van der Waals surface area contributed by atoms with Crippen molar-refractivity contribution in [3.8, 4) is 0 Å². The number of benzene rings is 2. The summed E-state index contributed by atoms with van der Waals surface area (Å²) >= 11 is 0. The van der Waals surface area contributed by atoms with Crippen molar-refractivity contribution in [1.82, 2.24) is 0 Å². The molecule has 0 atom stereocenters. The van der Waals surface area contributed by atoms with Crippen LogP contribution in [0.1, 0.15) is 18.1 Å². The van der Waals surface area contributed by atoms with Gasteiger partial charge in [0.1, 0.15) is 0 Å². The van der Waals surface area contributed by atoms with Crippen molar-refractivity contribution in [3.63, 3.8) is 0 Å². The first kappa shape index (κ1) is 17.7. The molecular weight excluding hydrogens is 254 g/mol. The molecule has 0 bridgehead atoms. The van der Waals surface area contributed by atoms with Gasteiger partial charge in [0.15, 0.2) is 0 Å². The van der Waals surface area contributed by atoms with Gasteiger partial charge in [-0.05, 0) is 17.5 Å². The molecule has 2 aromatic carbocycles. The van der Waals surface area contributed by atoms with Crippen molar-refractivity contribution < 1.29 is 15.0 Å². The molecule has 0 aliphatic rings. The van der Waals surface area contributed by atoms with Gasteiger partial charge in [0.25, 0.3) is 0 Å². The summed E-state index contributed by atoms with van der Waals surface area (Å²) in [6.07, 6.45) is -0.694. The highest BCUT2D eigenvalue weighted by Gasteiger charge is 1.80. The van der Waals surface area contributed by atoms with Crippen LogP contribution in [0.2, 0.25) is 0 Å². The van der Waals surface area contributed by atoms with E-state index in [9.17, 15) is 0 Å². The van der Waals surface area contributed by atoms with E-state index in [2.05, 4.69) is 31.2 Å². The summed E-state index contributed by atoms with van der Waals surface area (Å²) in [7, 11) is 0. The molecule has 108 valence electrons. The van der Waals surface area contributed by atoms with E-state index in [0.717, 1.165) is 6.42 Å². The maximum atomic E-state index is 8.56. The molecule has 0 aliphatic carbocycles. The third-order valence-corrected chi connectivity index (χ3v) is 2.33. The number of carbonyl (C=O) groups is 1. The number of nitrogens with two attached hydrogens (primary N) is 1. The number of rotatable bonds is 2. The van der Waals surface area contributed by atoms with Crippen LogP contribution in [0.5, 0.6) is 0 Å². The van der Waals surface area contributed by atoms with Gasteiger partial charge >= 0.3 is 6.16 Å². The van der Waals surface area contributed by atoms with Crippen LogP contribution in [0.4, 0.5) is 4.79 Å². The van der Waals surface area contributed by atoms with Gasteiger partial charge in [-0.3, -0.25) is 0 Å². The summed E-state index contributed by atoms with van der Waals surface area (Å²) in [5, 5.41) is 13.9. The van der Waals surface area contributed by atoms with Gasteiger partial charge in [-0.15, -0.1) is 0 Å². The van der Waals surface area contributed by atoms with E-state index in [1.54, 1.807) is 0 Å². The average molecular weight is 275 g/mol. The lowest BCUT2D eigenvalue weighted by Gasteiger charge is -1.90. The van der Waals surface area contributed by atoms with E-state index in [-0.39, 0.29) is 0 Å². The summed E-state index contributed by atoms with van der Waals surface area (Å²) in [6, 6.07) is 20.4. The predicted octanol–water partition coefficient (Wildman–Crippen LogP) is 3.62. The molecule has 0 aliphatic heterocycles. The van der Waals surface area contributed by atoms with Crippen LogP contribution in [0.3, 0.4) is 0 Å². The maximum Gasteiger partial charge on any atom is 0.503 e. The molecule has 0 spiro atoms. The zero-order chi connectivity index (χ0) is 15.2. The zero-order valence-corrected chi connectivity index (χ0v) is 11.6. The van der Waals surface area contributed by atoms with Crippen molar-refractivity contribution in [2.24, 2.45) is 5.73 Å². The minimum atomic E-state index is -1.83. The Kier molecular flexibility index (Phi) is 10.4. The minimum Gasteiger partial charge on any atom is -0.450 e. The van der Waals surface area contributed by atoms with E-state index >= 15 is 0 Å². The van der Waals surface area contributed by atoms with Crippen LogP contribution in [-0.2, 0) is 13.0 Å². The second-order valence-corrected chi connectivity index (χ2v) is 3.81. The van der Waals surface area contributed by atoms with Crippen molar-refractivity contribution >= 4 is 6.16 Å². The zero-order valence-electron chi connectivity index (χ0n) is 11.6. The third kappa shape index (κ3) is 10.8. The van der Waals surface area contributed by atoms with Gasteiger partial charge in [-0.2, -0.15) is 0 Å². The van der Waals surface area contributed by atoms with Crippen molar-refractivity contribution in [2.45, 2.75) is 19.9 Å². The molecule has 0 unspecified atom stereocenters. The molecule has 4 N–H and O–H groups in total. The first-order valence-electron chi connectivity index (χ1n) is 6.30. The third-order valence-electron chi connectivity index (χ3n) is 2.33. The SMILES string of the molecule is CCc1ccccc1.NCc1ccccc1.O=C(O)O. The summed E-state index contributed by atoms with van der Waals surface area (Å²) in [6.45, 7) is 2.80. The second kappa shape index (κ2) is 11.7. The lowest BCUT2D eigenvalue weighted by molar-refractivity contribution is 0.137. The van der Waals surface area contributed by atoms with Crippen LogP contribution in [0, 0.1) is 0 Å². The molecule has 0 aromatic heterocycles. The van der Waals surface area contributed by atoms with E-state index in [4.69, 9.17) is 20.7 Å². The largest absolute Gasteiger partial charge is 0.503 e. The molecule has 0 heterocycles. The van der Waals surface area contributed by atoms with Crippen molar-refractivity contribution in [3.05, 3.63) is 71.8 Å². The monoisotopic (exact) mass is 275 g/mol. The van der Waals surface area contributed by atoms with Crippen LogP contribution in [0.25, 0.3) is 0 Å². The quantitative estimate of drug-likeness (QED) is 0.781. The summed E-state index contributed by atoms with van der Waals surface area (Å²) in [5.74, 6) is 0. The van der Waals surface area contributed by atoms with Gasteiger partial charge in [0, 0.05) is 6.54 Å². The van der Waals surface area contributed by atoms with Gasteiger partial charge in [0.2, 0.25) is 0 Å². The Labute approximate surface area is 119 Å². The fourth-order valence-corrected chi connectivity index (χ4v) is 1.33. The van der Waals surface area contributed by atoms with Crippen LogP contribution in [-0.4, -0.2) is 16.4 Å². The van der Waals surface area contributed by atoms with E-state index < -0.39 is 6.16 Å². The second-order valence-electron chi connectivity index (χ2n) is 3.81. The lowest BCUT2D eigenvalue weighted by Crippen LogP contribution is -1.94. The smallest absolute Gasteiger partial charge is 0.450 e. The highest BCUT2D eigenvalue weighted by Crippen LogP contribution is 1.97. The number of hydrogen-bond donors (Lipinski definition) is 3. The molecule has 4 heteroatoms. The van der Waals surface area contributed by atoms with E-state index in [1.165, 1.54) is 11.1 Å². The van der Waals surface area contributed by atoms with Crippen molar-refractivity contribution in [1.29, 1.82) is 0 Å². The first-order valence-corrected chi connectivity index (χ1v) is 6.30. The van der Waals surface area contributed by atoms with Crippen LogP contribution in [0.15, 0.2) is 60.7 Å². The Morgan fingerprint density at radius 2 is 1.25 bits per heavy atom. The summed E-state index contributed by atoms with van der Waals surface area (Å²) in [4.78, 5) is 8.56. The Morgan fingerprint density at radius 1 is 0.900 bits per heavy atom. The van der Waals surface area contributed by atoms with Gasteiger partial charge in [-0.1, -0.05) is 67.6 Å². The number of hydrogen-bond acceptors (Lipinski definition) is 2. The highest BCUT2D eigenvalue weighted by atomic mass is 16.6. The molecule has 0 fully saturated rings. The normalized spacial score (nSPS) is 8.50. The van der Waals surface area contributed by atoms with Crippen LogP contribution >= 0.6 is 0 Å². The highest BCUT2D eigenvalue weighted by molar-refractivity contribution is 5.53. The molecule has 20 heavy (non-hydrogen) atoms. The Morgan fingerprint density at radius 3 is 1.45 bits per heavy atom. The standard InChI is InChI=1S/C8H10.C7H9N.CH2O3/c1-2-8-6-4-3-5-7-8;8-6-7-4-2-1-3-5-7;2-1(3)4/h3-7H,2H2,1H3;1-5H,6,8H2;(H2,2,3,4). The first-order chi connectivity index (χ1) is 9.60. The Hall–Kier alpha value is -2.33. The van der Waals surface area contributed by atoms with Crippen LogP contribution < -0.4 is 5.73 Å². The van der Waals surface area contributed by atoms with E-state index in [0.29, 0.717) is 6.54 Å². The molecule has 2 aromatic rings.